The van der Waals surface area contributed by atoms with Gasteiger partial charge in [-0.15, -0.1) is 0 Å². The molecule has 0 atom stereocenters. The van der Waals surface area contributed by atoms with E-state index in [2.05, 4.69) is 0 Å². The maximum absolute atomic E-state index is 9.45. The Labute approximate surface area is 80.3 Å². The van der Waals surface area contributed by atoms with Crippen molar-refractivity contribution in [3.8, 4) is 0 Å². The van der Waals surface area contributed by atoms with Crippen molar-refractivity contribution in [2.45, 2.75) is 57.3 Å². The Bertz CT molecular complexity index is 145. The third-order valence-electron chi connectivity index (χ3n) is 2.39. The summed E-state index contributed by atoms with van der Waals surface area (Å²) in [5, 5.41) is 9.45. The van der Waals surface area contributed by atoms with Crippen molar-refractivity contribution in [2.24, 2.45) is 5.73 Å². The van der Waals surface area contributed by atoms with E-state index in [9.17, 15) is 5.11 Å². The summed E-state index contributed by atoms with van der Waals surface area (Å²) < 4.78 is 5.59. The molecule has 78 valence electrons. The predicted octanol–water partition coefficient (Wildman–Crippen LogP) is 1.04. The summed E-state index contributed by atoms with van der Waals surface area (Å²) in [5.41, 5.74) is 5.07. The standard InChI is InChI=1S/C10H21NO2/c1-10(2,12)7-13-9-5-3-8(11)4-6-9/h8-9,12H,3-7,11H2,1-2H3/t8-,9-. The predicted molar refractivity (Wildman–Crippen MR) is 52.5 cm³/mol. The summed E-state index contributed by atoms with van der Waals surface area (Å²) in [7, 11) is 0. The normalized spacial score (nSPS) is 30.5. The average molecular weight is 187 g/mol. The first-order valence-corrected chi connectivity index (χ1v) is 5.07. The topological polar surface area (TPSA) is 55.5 Å². The number of aliphatic hydroxyl groups is 1. The number of hydrogen-bond donors (Lipinski definition) is 2. The van der Waals surface area contributed by atoms with Crippen LogP contribution in [0.4, 0.5) is 0 Å². The van der Waals surface area contributed by atoms with Crippen LogP contribution in [0.5, 0.6) is 0 Å². The molecule has 1 fully saturated rings. The average Bonchev–Trinajstić information content (AvgIpc) is 2.02. The molecule has 0 amide bonds. The lowest BCUT2D eigenvalue weighted by atomic mass is 9.93. The van der Waals surface area contributed by atoms with Gasteiger partial charge >= 0.3 is 0 Å². The highest BCUT2D eigenvalue weighted by Gasteiger charge is 2.21. The van der Waals surface area contributed by atoms with Gasteiger partial charge in [-0.1, -0.05) is 0 Å². The molecule has 1 aliphatic rings. The van der Waals surface area contributed by atoms with Crippen molar-refractivity contribution in [3.63, 3.8) is 0 Å². The number of hydrogen-bond acceptors (Lipinski definition) is 3. The van der Waals surface area contributed by atoms with Crippen molar-refractivity contribution >= 4 is 0 Å². The molecule has 3 heteroatoms. The summed E-state index contributed by atoms with van der Waals surface area (Å²) in [6, 6.07) is 0.363. The Morgan fingerprint density at radius 1 is 1.31 bits per heavy atom. The second-order valence-electron chi connectivity index (χ2n) is 4.66. The lowest BCUT2D eigenvalue weighted by Crippen LogP contribution is -2.34. The molecule has 0 spiro atoms. The van der Waals surface area contributed by atoms with Crippen molar-refractivity contribution in [2.75, 3.05) is 6.61 Å². The quantitative estimate of drug-likeness (QED) is 0.694. The minimum atomic E-state index is -0.709. The van der Waals surface area contributed by atoms with Gasteiger partial charge in [0.15, 0.2) is 0 Å². The SMILES string of the molecule is CC(C)(O)CO[C@H]1CC[C@H](N)CC1. The lowest BCUT2D eigenvalue weighted by molar-refractivity contribution is -0.0634. The van der Waals surface area contributed by atoms with Crippen LogP contribution in [0.3, 0.4) is 0 Å². The molecule has 0 saturated heterocycles. The molecule has 0 aliphatic heterocycles. The van der Waals surface area contributed by atoms with Gasteiger partial charge in [0, 0.05) is 6.04 Å². The van der Waals surface area contributed by atoms with E-state index in [-0.39, 0.29) is 0 Å². The Hall–Kier alpha value is -0.120. The summed E-state index contributed by atoms with van der Waals surface area (Å²) in [6.45, 7) is 3.95. The minimum Gasteiger partial charge on any atom is -0.388 e. The van der Waals surface area contributed by atoms with Crippen molar-refractivity contribution < 1.29 is 9.84 Å². The Balaban J connectivity index is 2.16. The first-order chi connectivity index (χ1) is 5.97. The van der Waals surface area contributed by atoms with Crippen LogP contribution in [0, 0.1) is 0 Å². The van der Waals surface area contributed by atoms with Gasteiger partial charge < -0.3 is 15.6 Å². The second-order valence-corrected chi connectivity index (χ2v) is 4.66. The van der Waals surface area contributed by atoms with E-state index in [4.69, 9.17) is 10.5 Å². The van der Waals surface area contributed by atoms with E-state index in [1.807, 2.05) is 0 Å². The summed E-state index contributed by atoms with van der Waals surface area (Å²) in [6.07, 6.45) is 4.49. The van der Waals surface area contributed by atoms with E-state index in [0.717, 1.165) is 25.7 Å². The Morgan fingerprint density at radius 2 is 1.85 bits per heavy atom. The van der Waals surface area contributed by atoms with Crippen LogP contribution < -0.4 is 5.73 Å². The van der Waals surface area contributed by atoms with Gasteiger partial charge in [0.1, 0.15) is 0 Å². The van der Waals surface area contributed by atoms with Crippen LogP contribution in [-0.4, -0.2) is 29.5 Å². The Kier molecular flexibility index (Phi) is 3.71. The molecule has 3 N–H and O–H groups in total. The van der Waals surface area contributed by atoms with Gasteiger partial charge in [0.2, 0.25) is 0 Å². The van der Waals surface area contributed by atoms with Gasteiger partial charge in [-0.2, -0.15) is 0 Å². The molecule has 0 radical (unpaired) electrons. The molecular formula is C10H21NO2. The van der Waals surface area contributed by atoms with Crippen molar-refractivity contribution in [1.29, 1.82) is 0 Å². The molecule has 0 unspecified atom stereocenters. The van der Waals surface area contributed by atoms with E-state index in [1.165, 1.54) is 0 Å². The third-order valence-corrected chi connectivity index (χ3v) is 2.39. The van der Waals surface area contributed by atoms with E-state index in [1.54, 1.807) is 13.8 Å². The molecule has 1 aliphatic carbocycles. The minimum absolute atomic E-state index is 0.311. The highest BCUT2D eigenvalue weighted by molar-refractivity contribution is 4.75. The number of rotatable bonds is 3. The second kappa shape index (κ2) is 4.40. The van der Waals surface area contributed by atoms with Crippen LogP contribution >= 0.6 is 0 Å². The first-order valence-electron chi connectivity index (χ1n) is 5.07. The van der Waals surface area contributed by atoms with Crippen LogP contribution in [-0.2, 0) is 4.74 Å². The molecule has 0 aromatic heterocycles. The number of nitrogens with two attached hydrogens (primary N) is 1. The molecule has 1 saturated carbocycles. The lowest BCUT2D eigenvalue weighted by Gasteiger charge is -2.28. The van der Waals surface area contributed by atoms with Crippen LogP contribution in [0.25, 0.3) is 0 Å². The maximum Gasteiger partial charge on any atom is 0.0824 e. The summed E-state index contributed by atoms with van der Waals surface area (Å²) in [4.78, 5) is 0. The fraction of sp³-hybridized carbons (Fsp3) is 1.00. The molecule has 3 nitrogen and oxygen atoms in total. The van der Waals surface area contributed by atoms with Gasteiger partial charge in [0.25, 0.3) is 0 Å². The Morgan fingerprint density at radius 3 is 2.31 bits per heavy atom. The fourth-order valence-corrected chi connectivity index (χ4v) is 1.58. The highest BCUT2D eigenvalue weighted by atomic mass is 16.5. The molecule has 0 aromatic carbocycles. The monoisotopic (exact) mass is 187 g/mol. The molecule has 0 bridgehead atoms. The van der Waals surface area contributed by atoms with Crippen LogP contribution in [0.2, 0.25) is 0 Å². The third kappa shape index (κ3) is 4.60. The van der Waals surface area contributed by atoms with Gasteiger partial charge in [-0.05, 0) is 39.5 Å². The van der Waals surface area contributed by atoms with Gasteiger partial charge in [-0.25, -0.2) is 0 Å². The number of ether oxygens (including phenoxy) is 1. The van der Waals surface area contributed by atoms with Crippen molar-refractivity contribution in [1.82, 2.24) is 0 Å². The van der Waals surface area contributed by atoms with Gasteiger partial charge in [0.05, 0.1) is 18.3 Å². The van der Waals surface area contributed by atoms with E-state index < -0.39 is 5.60 Å². The zero-order chi connectivity index (χ0) is 9.90. The van der Waals surface area contributed by atoms with E-state index >= 15 is 0 Å². The fourth-order valence-electron chi connectivity index (χ4n) is 1.58. The summed E-state index contributed by atoms with van der Waals surface area (Å²) >= 11 is 0. The zero-order valence-corrected chi connectivity index (χ0v) is 8.62. The maximum atomic E-state index is 9.45. The van der Waals surface area contributed by atoms with Crippen molar-refractivity contribution in [3.05, 3.63) is 0 Å². The highest BCUT2D eigenvalue weighted by Crippen LogP contribution is 2.20. The zero-order valence-electron chi connectivity index (χ0n) is 8.62. The first kappa shape index (κ1) is 11.0. The largest absolute Gasteiger partial charge is 0.388 e. The van der Waals surface area contributed by atoms with Gasteiger partial charge in [-0.3, -0.25) is 0 Å². The molecular weight excluding hydrogens is 166 g/mol. The van der Waals surface area contributed by atoms with Crippen LogP contribution in [0.15, 0.2) is 0 Å². The molecule has 0 aromatic rings. The smallest absolute Gasteiger partial charge is 0.0824 e. The molecule has 0 heterocycles. The molecule has 13 heavy (non-hydrogen) atoms. The van der Waals surface area contributed by atoms with Crippen LogP contribution in [0.1, 0.15) is 39.5 Å². The van der Waals surface area contributed by atoms with E-state index in [0.29, 0.717) is 18.8 Å². The summed E-state index contributed by atoms with van der Waals surface area (Å²) in [5.74, 6) is 0. The molecule has 1 rings (SSSR count).